The van der Waals surface area contributed by atoms with Crippen molar-refractivity contribution in [3.63, 3.8) is 0 Å². The van der Waals surface area contributed by atoms with Crippen molar-refractivity contribution in [3.8, 4) is 5.75 Å². The molecule has 2 aromatic carbocycles. The average molecular weight is 428 g/mol. The second-order valence-electron chi connectivity index (χ2n) is 5.91. The molecule has 1 amide bonds. The highest BCUT2D eigenvalue weighted by atomic mass is 32.2. The largest absolute Gasteiger partial charge is 0.477 e. The molecule has 0 saturated heterocycles. The molecule has 0 aliphatic heterocycles. The summed E-state index contributed by atoms with van der Waals surface area (Å²) in [6, 6.07) is 16.0. The van der Waals surface area contributed by atoms with E-state index in [-0.39, 0.29) is 22.2 Å². The molecule has 0 atom stereocenters. The zero-order valence-electron chi connectivity index (χ0n) is 15.4. The van der Waals surface area contributed by atoms with E-state index in [1.807, 2.05) is 0 Å². The van der Waals surface area contributed by atoms with Crippen molar-refractivity contribution in [2.75, 3.05) is 16.6 Å². The summed E-state index contributed by atoms with van der Waals surface area (Å²) >= 11 is 0. The third kappa shape index (κ3) is 5.29. The van der Waals surface area contributed by atoms with Gasteiger partial charge >= 0.3 is 5.69 Å². The molecule has 0 spiro atoms. The number of rotatable bonds is 8. The first-order chi connectivity index (χ1) is 14.3. The fourth-order valence-electron chi connectivity index (χ4n) is 2.41. The molecule has 1 heterocycles. The Bertz CT molecular complexity index is 1150. The van der Waals surface area contributed by atoms with Crippen LogP contribution in [0.3, 0.4) is 0 Å². The Hall–Kier alpha value is -3.99. The minimum Gasteiger partial charge on any atom is -0.477 e. The van der Waals surface area contributed by atoms with Crippen LogP contribution < -0.4 is 14.8 Å². The minimum atomic E-state index is -3.83. The Labute approximate surface area is 171 Å². The van der Waals surface area contributed by atoms with Gasteiger partial charge in [-0.2, -0.15) is 0 Å². The number of carbonyl (C=O) groups excluding carboxylic acids is 1. The molecule has 10 nitrogen and oxygen atoms in total. The molecule has 154 valence electrons. The monoisotopic (exact) mass is 428 g/mol. The lowest BCUT2D eigenvalue weighted by Crippen LogP contribution is -2.20. The van der Waals surface area contributed by atoms with Gasteiger partial charge in [0.25, 0.3) is 15.9 Å². The van der Waals surface area contributed by atoms with Crippen LogP contribution in [0.25, 0.3) is 0 Å². The van der Waals surface area contributed by atoms with Gasteiger partial charge in [0.15, 0.2) is 12.4 Å². The van der Waals surface area contributed by atoms with Gasteiger partial charge in [0.1, 0.15) is 5.82 Å². The molecule has 3 aromatic rings. The van der Waals surface area contributed by atoms with Gasteiger partial charge in [0.2, 0.25) is 0 Å². The Morgan fingerprint density at radius 2 is 1.73 bits per heavy atom. The first kappa shape index (κ1) is 20.7. The van der Waals surface area contributed by atoms with E-state index in [4.69, 9.17) is 4.74 Å². The summed E-state index contributed by atoms with van der Waals surface area (Å²) in [6.45, 7) is -0.452. The highest BCUT2D eigenvalue weighted by Crippen LogP contribution is 2.25. The van der Waals surface area contributed by atoms with E-state index in [2.05, 4.69) is 15.0 Å². The number of nitro groups is 1. The number of carbonyl (C=O) groups is 1. The van der Waals surface area contributed by atoms with Gasteiger partial charge in [0.05, 0.1) is 9.82 Å². The lowest BCUT2D eigenvalue weighted by Gasteiger charge is -2.10. The van der Waals surface area contributed by atoms with Crippen LogP contribution >= 0.6 is 0 Å². The van der Waals surface area contributed by atoms with E-state index >= 15 is 0 Å². The standard InChI is InChI=1S/C19H16N4O6S/c24-19(13-29-17-6-2-1-5-16(17)23(25)26)21-14-8-10-15(11-9-14)30(27,28)22-18-7-3-4-12-20-18/h1-12H,13H2,(H,20,22)(H,21,24). The number of ether oxygens (including phenoxy) is 1. The first-order valence-electron chi connectivity index (χ1n) is 8.55. The van der Waals surface area contributed by atoms with Crippen LogP contribution in [0, 0.1) is 10.1 Å². The zero-order chi connectivity index (χ0) is 21.6. The van der Waals surface area contributed by atoms with E-state index in [0.717, 1.165) is 0 Å². The number of anilines is 2. The van der Waals surface area contributed by atoms with E-state index in [1.165, 1.54) is 54.7 Å². The maximum atomic E-state index is 12.4. The van der Waals surface area contributed by atoms with Crippen molar-refractivity contribution in [2.45, 2.75) is 4.90 Å². The molecule has 0 radical (unpaired) electrons. The van der Waals surface area contributed by atoms with Crippen molar-refractivity contribution in [1.29, 1.82) is 0 Å². The summed E-state index contributed by atoms with van der Waals surface area (Å²) in [5, 5.41) is 13.5. The number of pyridine rings is 1. The smallest absolute Gasteiger partial charge is 0.310 e. The maximum absolute atomic E-state index is 12.4. The first-order valence-corrected chi connectivity index (χ1v) is 10.0. The Morgan fingerprint density at radius 3 is 2.40 bits per heavy atom. The second-order valence-corrected chi connectivity index (χ2v) is 7.59. The molecule has 3 rings (SSSR count). The second kappa shape index (κ2) is 9.01. The number of hydrogen-bond acceptors (Lipinski definition) is 7. The van der Waals surface area contributed by atoms with Gasteiger partial charge in [0, 0.05) is 18.0 Å². The highest BCUT2D eigenvalue weighted by Gasteiger charge is 2.16. The number of nitrogens with zero attached hydrogens (tertiary/aromatic N) is 2. The summed E-state index contributed by atoms with van der Waals surface area (Å²) in [5.74, 6) is -0.405. The fraction of sp³-hybridized carbons (Fsp3) is 0.0526. The molecule has 30 heavy (non-hydrogen) atoms. The predicted octanol–water partition coefficient (Wildman–Crippen LogP) is 2.81. The van der Waals surface area contributed by atoms with E-state index in [1.54, 1.807) is 18.2 Å². The number of benzene rings is 2. The molecule has 0 fully saturated rings. The molecule has 0 unspecified atom stereocenters. The van der Waals surface area contributed by atoms with Crippen molar-refractivity contribution in [2.24, 2.45) is 0 Å². The molecular weight excluding hydrogens is 412 g/mol. The van der Waals surface area contributed by atoms with Gasteiger partial charge in [-0.15, -0.1) is 0 Å². The van der Waals surface area contributed by atoms with Crippen molar-refractivity contribution in [1.82, 2.24) is 4.98 Å². The molecule has 0 bridgehead atoms. The third-order valence-electron chi connectivity index (χ3n) is 3.77. The molecule has 0 aliphatic carbocycles. The van der Waals surface area contributed by atoms with Crippen LogP contribution in [0.1, 0.15) is 0 Å². The summed E-state index contributed by atoms with van der Waals surface area (Å²) in [6.07, 6.45) is 1.46. The summed E-state index contributed by atoms with van der Waals surface area (Å²) < 4.78 is 32.3. The molecule has 2 N–H and O–H groups in total. The third-order valence-corrected chi connectivity index (χ3v) is 5.14. The van der Waals surface area contributed by atoms with Crippen molar-refractivity contribution >= 4 is 33.1 Å². The Kier molecular flexibility index (Phi) is 6.23. The normalized spacial score (nSPS) is 10.8. The number of sulfonamides is 1. The summed E-state index contributed by atoms with van der Waals surface area (Å²) in [7, 11) is -3.83. The highest BCUT2D eigenvalue weighted by molar-refractivity contribution is 7.92. The van der Waals surface area contributed by atoms with Crippen LogP contribution in [0.2, 0.25) is 0 Å². The van der Waals surface area contributed by atoms with Crippen LogP contribution in [-0.4, -0.2) is 30.8 Å². The quantitative estimate of drug-likeness (QED) is 0.415. The van der Waals surface area contributed by atoms with Gasteiger partial charge < -0.3 is 10.1 Å². The van der Waals surface area contributed by atoms with E-state index in [0.29, 0.717) is 5.69 Å². The topological polar surface area (TPSA) is 141 Å². The van der Waals surface area contributed by atoms with Crippen molar-refractivity contribution in [3.05, 3.63) is 83.0 Å². The van der Waals surface area contributed by atoms with Crippen LogP contribution in [0.5, 0.6) is 5.75 Å². The maximum Gasteiger partial charge on any atom is 0.310 e. The molecule has 1 aromatic heterocycles. The number of aromatic nitrogens is 1. The molecular formula is C19H16N4O6S. The van der Waals surface area contributed by atoms with Crippen LogP contribution in [-0.2, 0) is 14.8 Å². The average Bonchev–Trinajstić information content (AvgIpc) is 2.73. The van der Waals surface area contributed by atoms with Gasteiger partial charge in [-0.1, -0.05) is 18.2 Å². The summed E-state index contributed by atoms with van der Waals surface area (Å²) in [5.41, 5.74) is 0.0863. The van der Waals surface area contributed by atoms with Gasteiger partial charge in [-0.25, -0.2) is 13.4 Å². The van der Waals surface area contributed by atoms with Gasteiger partial charge in [-0.05, 0) is 42.5 Å². The fourth-order valence-corrected chi connectivity index (χ4v) is 3.42. The molecule has 11 heteroatoms. The molecule has 0 saturated carbocycles. The number of hydrogen-bond donors (Lipinski definition) is 2. The number of nitrogens with one attached hydrogen (secondary N) is 2. The SMILES string of the molecule is O=C(COc1ccccc1[N+](=O)[O-])Nc1ccc(S(=O)(=O)Nc2ccccn2)cc1. The lowest BCUT2D eigenvalue weighted by atomic mass is 10.3. The number of amides is 1. The Morgan fingerprint density at radius 1 is 1.03 bits per heavy atom. The van der Waals surface area contributed by atoms with Crippen molar-refractivity contribution < 1.29 is 22.9 Å². The number of para-hydroxylation sites is 2. The summed E-state index contributed by atoms with van der Waals surface area (Å²) in [4.78, 5) is 26.3. The predicted molar refractivity (Wildman–Crippen MR) is 109 cm³/mol. The van der Waals surface area contributed by atoms with E-state index in [9.17, 15) is 23.3 Å². The van der Waals surface area contributed by atoms with E-state index < -0.39 is 27.5 Å². The lowest BCUT2D eigenvalue weighted by molar-refractivity contribution is -0.385. The van der Waals surface area contributed by atoms with Crippen LogP contribution in [0.4, 0.5) is 17.2 Å². The molecule has 0 aliphatic rings. The Balaban J connectivity index is 1.60. The van der Waals surface area contributed by atoms with Gasteiger partial charge in [-0.3, -0.25) is 19.6 Å². The number of nitro benzene ring substituents is 1. The minimum absolute atomic E-state index is 0.0117. The van der Waals surface area contributed by atoms with Crippen LogP contribution in [0.15, 0.2) is 77.8 Å². The zero-order valence-corrected chi connectivity index (χ0v) is 16.2.